The maximum atomic E-state index is 13.4. The van der Waals surface area contributed by atoms with Crippen molar-refractivity contribution < 1.29 is 18.9 Å². The monoisotopic (exact) mass is 454 g/mol. The number of rotatable bonds is 6. The van der Waals surface area contributed by atoms with E-state index in [1.807, 2.05) is 30.3 Å². The molecule has 1 aromatic heterocycles. The van der Waals surface area contributed by atoms with Gasteiger partial charge in [0.1, 0.15) is 6.04 Å². The molecule has 168 valence electrons. The second-order valence-electron chi connectivity index (χ2n) is 7.75. The Hall–Kier alpha value is -4.79. The van der Waals surface area contributed by atoms with Crippen LogP contribution in [0.3, 0.4) is 0 Å². The highest BCUT2D eigenvalue weighted by Gasteiger charge is 2.42. The molecule has 3 amide bonds. The summed E-state index contributed by atoms with van der Waals surface area (Å²) in [5, 5.41) is 6.44. The first-order valence-electron chi connectivity index (χ1n) is 10.5. The van der Waals surface area contributed by atoms with Crippen LogP contribution in [-0.2, 0) is 11.2 Å². The molecule has 0 fully saturated rings. The molecule has 0 aliphatic carbocycles. The van der Waals surface area contributed by atoms with Crippen molar-refractivity contribution in [3.8, 4) is 11.4 Å². The molecule has 4 aromatic rings. The number of nitrogens with zero attached hydrogens (tertiary/aromatic N) is 2. The third kappa shape index (κ3) is 3.90. The fourth-order valence-electron chi connectivity index (χ4n) is 3.95. The molecule has 1 unspecified atom stereocenters. The van der Waals surface area contributed by atoms with Gasteiger partial charge in [-0.05, 0) is 29.8 Å². The Morgan fingerprint density at radius 2 is 1.59 bits per heavy atom. The quantitative estimate of drug-likeness (QED) is 0.432. The highest BCUT2D eigenvalue weighted by Crippen LogP contribution is 2.27. The molecule has 1 aliphatic rings. The SMILES string of the molecule is O=C(Nc1cccc(-c2noc(=O)[nH]2)c1)C(Cc1ccccc1)N1C(=O)c2ccccc2C1=O. The van der Waals surface area contributed by atoms with Crippen molar-refractivity contribution in [2.75, 3.05) is 5.32 Å². The molecule has 0 spiro atoms. The van der Waals surface area contributed by atoms with Crippen LogP contribution in [0.5, 0.6) is 0 Å². The number of nitrogens with one attached hydrogen (secondary N) is 2. The van der Waals surface area contributed by atoms with E-state index in [9.17, 15) is 19.2 Å². The van der Waals surface area contributed by atoms with Gasteiger partial charge < -0.3 is 5.32 Å². The molecular weight excluding hydrogens is 436 g/mol. The second-order valence-corrected chi connectivity index (χ2v) is 7.75. The van der Waals surface area contributed by atoms with Gasteiger partial charge in [0, 0.05) is 17.7 Å². The van der Waals surface area contributed by atoms with Crippen molar-refractivity contribution in [2.24, 2.45) is 0 Å². The molecule has 0 saturated carbocycles. The Bertz CT molecular complexity index is 1420. The number of imide groups is 1. The van der Waals surface area contributed by atoms with Gasteiger partial charge in [0.2, 0.25) is 5.91 Å². The molecule has 0 saturated heterocycles. The molecular formula is C25H18N4O5. The maximum Gasteiger partial charge on any atom is 0.439 e. The van der Waals surface area contributed by atoms with Crippen LogP contribution in [-0.4, -0.2) is 38.8 Å². The number of aromatic nitrogens is 2. The summed E-state index contributed by atoms with van der Waals surface area (Å²) in [6, 6.07) is 21.2. The van der Waals surface area contributed by atoms with Gasteiger partial charge in [-0.2, -0.15) is 0 Å². The van der Waals surface area contributed by atoms with Crippen LogP contribution in [0, 0.1) is 0 Å². The van der Waals surface area contributed by atoms with E-state index in [0.29, 0.717) is 11.3 Å². The number of amides is 3. The van der Waals surface area contributed by atoms with E-state index >= 15 is 0 Å². The highest BCUT2D eigenvalue weighted by molar-refractivity contribution is 6.23. The molecule has 3 aromatic carbocycles. The molecule has 2 N–H and O–H groups in total. The van der Waals surface area contributed by atoms with Crippen LogP contribution in [0.1, 0.15) is 26.3 Å². The minimum atomic E-state index is -1.08. The van der Waals surface area contributed by atoms with E-state index in [2.05, 4.69) is 20.0 Å². The van der Waals surface area contributed by atoms with Gasteiger partial charge in [-0.1, -0.05) is 59.8 Å². The summed E-state index contributed by atoms with van der Waals surface area (Å²) in [4.78, 5) is 54.4. The zero-order valence-corrected chi connectivity index (χ0v) is 17.7. The zero-order chi connectivity index (χ0) is 23.7. The number of carbonyl (C=O) groups is 3. The van der Waals surface area contributed by atoms with Gasteiger partial charge in [0.15, 0.2) is 5.82 Å². The van der Waals surface area contributed by atoms with Gasteiger partial charge in [-0.3, -0.25) is 28.8 Å². The van der Waals surface area contributed by atoms with Crippen molar-refractivity contribution in [1.29, 1.82) is 0 Å². The second kappa shape index (κ2) is 8.62. The van der Waals surface area contributed by atoms with Gasteiger partial charge in [-0.15, -0.1) is 0 Å². The third-order valence-electron chi connectivity index (χ3n) is 5.56. The number of aromatic amines is 1. The fraction of sp³-hybridized carbons (Fsp3) is 0.0800. The summed E-state index contributed by atoms with van der Waals surface area (Å²) in [6.07, 6.45) is 0.147. The molecule has 1 atom stereocenters. The molecule has 2 heterocycles. The summed E-state index contributed by atoms with van der Waals surface area (Å²) >= 11 is 0. The predicted molar refractivity (Wildman–Crippen MR) is 122 cm³/mol. The minimum Gasteiger partial charge on any atom is -0.324 e. The summed E-state index contributed by atoms with van der Waals surface area (Å²) < 4.78 is 4.54. The Kier molecular flexibility index (Phi) is 5.35. The van der Waals surface area contributed by atoms with Crippen LogP contribution < -0.4 is 11.1 Å². The van der Waals surface area contributed by atoms with Crippen molar-refractivity contribution >= 4 is 23.4 Å². The number of hydrogen-bond donors (Lipinski definition) is 2. The number of anilines is 1. The largest absolute Gasteiger partial charge is 0.439 e. The Balaban J connectivity index is 1.46. The predicted octanol–water partition coefficient (Wildman–Crippen LogP) is 2.88. The van der Waals surface area contributed by atoms with Crippen LogP contribution >= 0.6 is 0 Å². The Morgan fingerprint density at radius 1 is 0.912 bits per heavy atom. The van der Waals surface area contributed by atoms with Crippen molar-refractivity contribution in [2.45, 2.75) is 12.5 Å². The van der Waals surface area contributed by atoms with Crippen LogP contribution in [0.15, 0.2) is 88.2 Å². The smallest absolute Gasteiger partial charge is 0.324 e. The summed E-state index contributed by atoms with van der Waals surface area (Å²) in [5.74, 6) is -2.03. The average Bonchev–Trinajstić information content (AvgIpc) is 3.40. The van der Waals surface area contributed by atoms with Gasteiger partial charge in [0.25, 0.3) is 11.8 Å². The maximum absolute atomic E-state index is 13.4. The van der Waals surface area contributed by atoms with E-state index in [-0.39, 0.29) is 23.4 Å². The molecule has 9 heteroatoms. The summed E-state index contributed by atoms with van der Waals surface area (Å²) in [7, 11) is 0. The van der Waals surface area contributed by atoms with Gasteiger partial charge in [0.05, 0.1) is 11.1 Å². The number of H-pyrrole nitrogens is 1. The lowest BCUT2D eigenvalue weighted by molar-refractivity contribution is -0.119. The molecule has 5 rings (SSSR count). The number of hydrogen-bond acceptors (Lipinski definition) is 6. The fourth-order valence-corrected chi connectivity index (χ4v) is 3.95. The highest BCUT2D eigenvalue weighted by atomic mass is 16.5. The first kappa shape index (κ1) is 21.1. The van der Waals surface area contributed by atoms with Crippen molar-refractivity contribution in [3.63, 3.8) is 0 Å². The molecule has 0 bridgehead atoms. The lowest BCUT2D eigenvalue weighted by Crippen LogP contribution is -2.48. The third-order valence-corrected chi connectivity index (χ3v) is 5.56. The molecule has 1 aliphatic heterocycles. The first-order valence-corrected chi connectivity index (χ1v) is 10.5. The standard InChI is InChI=1S/C25H18N4O5/c30-22(26-17-10-6-9-16(14-17)21-27-25(33)34-28-21)20(13-15-7-2-1-3-8-15)29-23(31)18-11-4-5-12-19(18)24(29)32/h1-12,14,20H,13H2,(H,26,30)(H,27,28,33). The van der Waals surface area contributed by atoms with Gasteiger partial charge >= 0.3 is 5.76 Å². The summed E-state index contributed by atoms with van der Waals surface area (Å²) in [6.45, 7) is 0. The van der Waals surface area contributed by atoms with E-state index in [0.717, 1.165) is 10.5 Å². The first-order chi connectivity index (χ1) is 16.5. The summed E-state index contributed by atoms with van der Waals surface area (Å²) in [5.41, 5.74) is 2.27. The van der Waals surface area contributed by atoms with Gasteiger partial charge in [-0.25, -0.2) is 4.79 Å². The van der Waals surface area contributed by atoms with E-state index in [1.165, 1.54) is 0 Å². The molecule has 9 nitrogen and oxygen atoms in total. The zero-order valence-electron chi connectivity index (χ0n) is 17.7. The van der Waals surface area contributed by atoms with Crippen LogP contribution in [0.4, 0.5) is 5.69 Å². The Labute approximate surface area is 193 Å². The topological polar surface area (TPSA) is 125 Å². The van der Waals surface area contributed by atoms with Crippen molar-refractivity contribution in [1.82, 2.24) is 15.0 Å². The lowest BCUT2D eigenvalue weighted by Gasteiger charge is -2.25. The Morgan fingerprint density at radius 3 is 2.24 bits per heavy atom. The average molecular weight is 454 g/mol. The molecule has 34 heavy (non-hydrogen) atoms. The molecule has 0 radical (unpaired) electrons. The van der Waals surface area contributed by atoms with E-state index in [4.69, 9.17) is 0 Å². The van der Waals surface area contributed by atoms with Crippen LogP contribution in [0.25, 0.3) is 11.4 Å². The van der Waals surface area contributed by atoms with Crippen molar-refractivity contribution in [3.05, 3.63) is 106 Å². The normalized spacial score (nSPS) is 13.6. The minimum absolute atomic E-state index is 0.147. The van der Waals surface area contributed by atoms with E-state index in [1.54, 1.807) is 48.5 Å². The number of benzene rings is 3. The van der Waals surface area contributed by atoms with E-state index < -0.39 is 29.5 Å². The lowest BCUT2D eigenvalue weighted by atomic mass is 10.0. The number of carbonyl (C=O) groups excluding carboxylic acids is 3. The number of fused-ring (bicyclic) bond motifs is 1. The van der Waals surface area contributed by atoms with Crippen LogP contribution in [0.2, 0.25) is 0 Å².